The highest BCUT2D eigenvalue weighted by Crippen LogP contribution is 2.17. The molecule has 0 aliphatic carbocycles. The Morgan fingerprint density at radius 2 is 2.11 bits per heavy atom. The van der Waals surface area contributed by atoms with Crippen LogP contribution >= 0.6 is 0 Å². The minimum absolute atomic E-state index is 0.130. The average Bonchev–Trinajstić information content (AvgIpc) is 2.37. The van der Waals surface area contributed by atoms with Crippen molar-refractivity contribution in [3.63, 3.8) is 0 Å². The summed E-state index contributed by atoms with van der Waals surface area (Å²) >= 11 is 0. The summed E-state index contributed by atoms with van der Waals surface area (Å²) in [5, 5.41) is 21.4. The molecule has 3 N–H and O–H groups in total. The lowest BCUT2D eigenvalue weighted by Crippen LogP contribution is -2.54. The van der Waals surface area contributed by atoms with Gasteiger partial charge >= 0.3 is 12.0 Å². The van der Waals surface area contributed by atoms with Crippen molar-refractivity contribution in [2.24, 2.45) is 11.8 Å². The van der Waals surface area contributed by atoms with Crippen LogP contribution in [0.2, 0.25) is 0 Å². The highest BCUT2D eigenvalue weighted by Gasteiger charge is 2.31. The van der Waals surface area contributed by atoms with E-state index < -0.39 is 24.1 Å². The average molecular weight is 272 g/mol. The number of carbonyl (C=O) groups excluding carboxylic acids is 1. The second kappa shape index (κ2) is 6.75. The number of urea groups is 1. The summed E-state index contributed by atoms with van der Waals surface area (Å²) in [5.41, 5.74) is 0. The van der Waals surface area contributed by atoms with E-state index in [-0.39, 0.29) is 18.4 Å². The molecule has 1 saturated heterocycles. The molecule has 1 rings (SSSR count). The standard InChI is InChI=1S/C13H24N2O4/c1-4-8(2)11(12(17)18)14-13(19)15-6-5-9(3)10(16)7-15/h8-11,16H,4-7H2,1-3H3,(H,14,19)(H,17,18)/t8?,9?,10?,11-/m0/s1. The zero-order chi connectivity index (χ0) is 14.6. The number of hydrogen-bond acceptors (Lipinski definition) is 3. The summed E-state index contributed by atoms with van der Waals surface area (Å²) in [6.45, 7) is 6.45. The van der Waals surface area contributed by atoms with E-state index in [1.165, 1.54) is 4.90 Å². The van der Waals surface area contributed by atoms with Crippen LogP contribution in [0.3, 0.4) is 0 Å². The molecule has 0 saturated carbocycles. The predicted octanol–water partition coefficient (Wildman–Crippen LogP) is 0.898. The Balaban J connectivity index is 2.60. The highest BCUT2D eigenvalue weighted by molar-refractivity contribution is 5.82. The third-order valence-corrected chi connectivity index (χ3v) is 3.96. The summed E-state index contributed by atoms with van der Waals surface area (Å²) in [7, 11) is 0. The van der Waals surface area contributed by atoms with Crippen LogP contribution in [0.15, 0.2) is 0 Å². The molecule has 1 heterocycles. The smallest absolute Gasteiger partial charge is 0.326 e. The predicted molar refractivity (Wildman–Crippen MR) is 70.8 cm³/mol. The largest absolute Gasteiger partial charge is 0.480 e. The lowest BCUT2D eigenvalue weighted by atomic mass is 9.96. The van der Waals surface area contributed by atoms with Crippen LogP contribution < -0.4 is 5.32 Å². The molecule has 110 valence electrons. The number of nitrogens with zero attached hydrogens (tertiary/aromatic N) is 1. The molecule has 0 aromatic rings. The Morgan fingerprint density at radius 3 is 2.58 bits per heavy atom. The van der Waals surface area contributed by atoms with E-state index in [4.69, 9.17) is 5.11 Å². The minimum Gasteiger partial charge on any atom is -0.480 e. The van der Waals surface area contributed by atoms with Gasteiger partial charge in [0.05, 0.1) is 6.10 Å². The van der Waals surface area contributed by atoms with E-state index >= 15 is 0 Å². The number of likely N-dealkylation sites (tertiary alicyclic amines) is 1. The van der Waals surface area contributed by atoms with Gasteiger partial charge in [0.25, 0.3) is 0 Å². The van der Waals surface area contributed by atoms with Crippen LogP contribution in [0.1, 0.15) is 33.6 Å². The van der Waals surface area contributed by atoms with Crippen LogP contribution in [0, 0.1) is 11.8 Å². The summed E-state index contributed by atoms with van der Waals surface area (Å²) < 4.78 is 0. The zero-order valence-electron chi connectivity index (χ0n) is 11.8. The molecule has 0 bridgehead atoms. The van der Waals surface area contributed by atoms with Gasteiger partial charge in [-0.3, -0.25) is 0 Å². The first-order chi connectivity index (χ1) is 8.86. The van der Waals surface area contributed by atoms with Gasteiger partial charge in [0.2, 0.25) is 0 Å². The molecule has 0 aromatic carbocycles. The molecular formula is C13H24N2O4. The lowest BCUT2D eigenvalue weighted by molar-refractivity contribution is -0.140. The minimum atomic E-state index is -1.02. The van der Waals surface area contributed by atoms with Crippen molar-refractivity contribution in [1.82, 2.24) is 10.2 Å². The third-order valence-electron chi connectivity index (χ3n) is 3.96. The molecule has 1 aliphatic heterocycles. The molecule has 0 spiro atoms. The first kappa shape index (κ1) is 15.8. The Kier molecular flexibility index (Phi) is 5.60. The molecule has 3 unspecified atom stereocenters. The Morgan fingerprint density at radius 1 is 1.47 bits per heavy atom. The number of carboxylic acid groups (broad SMARTS) is 1. The number of carbonyl (C=O) groups is 2. The van der Waals surface area contributed by atoms with Gasteiger partial charge in [-0.2, -0.15) is 0 Å². The van der Waals surface area contributed by atoms with E-state index in [2.05, 4.69) is 5.32 Å². The monoisotopic (exact) mass is 272 g/mol. The van der Waals surface area contributed by atoms with Gasteiger partial charge in [0.15, 0.2) is 0 Å². The summed E-state index contributed by atoms with van der Waals surface area (Å²) in [4.78, 5) is 24.7. The SMILES string of the molecule is CCC(C)[C@H](NC(=O)N1CCC(C)C(O)C1)C(=O)O. The van der Waals surface area contributed by atoms with Crippen molar-refractivity contribution in [2.45, 2.75) is 45.8 Å². The van der Waals surface area contributed by atoms with E-state index in [1.807, 2.05) is 13.8 Å². The number of hydrogen-bond donors (Lipinski definition) is 3. The molecule has 4 atom stereocenters. The zero-order valence-corrected chi connectivity index (χ0v) is 11.8. The fourth-order valence-electron chi connectivity index (χ4n) is 2.14. The molecular weight excluding hydrogens is 248 g/mol. The number of amides is 2. The van der Waals surface area contributed by atoms with Gasteiger partial charge in [-0.05, 0) is 18.3 Å². The maximum Gasteiger partial charge on any atom is 0.326 e. The van der Waals surface area contributed by atoms with Crippen molar-refractivity contribution in [3.05, 3.63) is 0 Å². The molecule has 1 fully saturated rings. The second-order valence-electron chi connectivity index (χ2n) is 5.43. The topological polar surface area (TPSA) is 89.9 Å². The van der Waals surface area contributed by atoms with Crippen LogP contribution in [0.4, 0.5) is 4.79 Å². The van der Waals surface area contributed by atoms with Gasteiger partial charge in [-0.25, -0.2) is 9.59 Å². The van der Waals surface area contributed by atoms with E-state index in [1.54, 1.807) is 6.92 Å². The summed E-state index contributed by atoms with van der Waals surface area (Å²) in [6, 6.07) is -1.28. The molecule has 6 heteroatoms. The first-order valence-electron chi connectivity index (χ1n) is 6.83. The quantitative estimate of drug-likeness (QED) is 0.709. The molecule has 0 radical (unpaired) electrons. The van der Waals surface area contributed by atoms with Gasteiger partial charge in [0.1, 0.15) is 6.04 Å². The van der Waals surface area contributed by atoms with Crippen molar-refractivity contribution in [1.29, 1.82) is 0 Å². The maximum atomic E-state index is 12.0. The molecule has 1 aliphatic rings. The molecule has 2 amide bonds. The molecule has 19 heavy (non-hydrogen) atoms. The Labute approximate surface area is 113 Å². The number of nitrogens with one attached hydrogen (secondary N) is 1. The van der Waals surface area contributed by atoms with Crippen LogP contribution in [-0.2, 0) is 4.79 Å². The number of rotatable bonds is 4. The third kappa shape index (κ3) is 4.09. The number of piperidine rings is 1. The van der Waals surface area contributed by atoms with Crippen molar-refractivity contribution in [2.75, 3.05) is 13.1 Å². The molecule has 6 nitrogen and oxygen atoms in total. The molecule has 0 aromatic heterocycles. The van der Waals surface area contributed by atoms with Gasteiger partial charge in [-0.1, -0.05) is 27.2 Å². The number of aliphatic carboxylic acids is 1. The lowest BCUT2D eigenvalue weighted by Gasteiger charge is -2.35. The number of aliphatic hydroxyl groups excluding tert-OH is 1. The first-order valence-corrected chi connectivity index (χ1v) is 6.83. The highest BCUT2D eigenvalue weighted by atomic mass is 16.4. The maximum absolute atomic E-state index is 12.0. The van der Waals surface area contributed by atoms with E-state index in [9.17, 15) is 14.7 Å². The Bertz CT molecular complexity index is 335. The van der Waals surface area contributed by atoms with Gasteiger partial charge < -0.3 is 20.4 Å². The van der Waals surface area contributed by atoms with Crippen LogP contribution in [0.25, 0.3) is 0 Å². The Hall–Kier alpha value is -1.30. The normalized spacial score (nSPS) is 26.6. The van der Waals surface area contributed by atoms with Gasteiger partial charge in [-0.15, -0.1) is 0 Å². The fraction of sp³-hybridized carbons (Fsp3) is 0.846. The number of carboxylic acids is 1. The van der Waals surface area contributed by atoms with E-state index in [0.717, 1.165) is 6.42 Å². The van der Waals surface area contributed by atoms with Crippen LogP contribution in [0.5, 0.6) is 0 Å². The van der Waals surface area contributed by atoms with Crippen molar-refractivity contribution >= 4 is 12.0 Å². The fourth-order valence-corrected chi connectivity index (χ4v) is 2.14. The summed E-state index contributed by atoms with van der Waals surface area (Å²) in [5.74, 6) is -0.974. The second-order valence-corrected chi connectivity index (χ2v) is 5.43. The van der Waals surface area contributed by atoms with Crippen molar-refractivity contribution in [3.8, 4) is 0 Å². The summed E-state index contributed by atoms with van der Waals surface area (Å²) in [6.07, 6.45) is 0.874. The number of aliphatic hydroxyl groups is 1. The number of β-amino-alcohol motifs (C(OH)–C–C–N with tert-alkyl or cyclic N) is 1. The van der Waals surface area contributed by atoms with E-state index in [0.29, 0.717) is 13.0 Å². The van der Waals surface area contributed by atoms with Gasteiger partial charge in [0, 0.05) is 13.1 Å². The van der Waals surface area contributed by atoms with Crippen LogP contribution in [-0.4, -0.2) is 52.3 Å². The van der Waals surface area contributed by atoms with Crippen molar-refractivity contribution < 1.29 is 19.8 Å².